The predicted octanol–water partition coefficient (Wildman–Crippen LogP) is 5.18. The zero-order chi connectivity index (χ0) is 29.5. The van der Waals surface area contributed by atoms with Crippen molar-refractivity contribution in [2.24, 2.45) is 7.05 Å². The van der Waals surface area contributed by atoms with Crippen molar-refractivity contribution in [2.75, 3.05) is 36.4 Å². The number of allylic oxidation sites excluding steroid dienone is 1. The van der Waals surface area contributed by atoms with E-state index in [2.05, 4.69) is 56.0 Å². The number of fused-ring (bicyclic) bond motifs is 1. The number of anilines is 3. The first-order valence-electron chi connectivity index (χ1n) is 13.1. The summed E-state index contributed by atoms with van der Waals surface area (Å²) >= 11 is 0. The van der Waals surface area contributed by atoms with Crippen LogP contribution in [0.4, 0.5) is 21.8 Å². The Hall–Kier alpha value is -4.84. The summed E-state index contributed by atoms with van der Waals surface area (Å²) in [5, 5.41) is 28.2. The molecule has 0 amide bonds. The molecule has 0 bridgehead atoms. The molecular weight excluding hydrogens is 539 g/mol. The van der Waals surface area contributed by atoms with E-state index in [0.717, 1.165) is 60.6 Å². The van der Waals surface area contributed by atoms with Crippen LogP contribution >= 0.6 is 0 Å². The molecule has 1 fully saturated rings. The molecule has 0 radical (unpaired) electrons. The standard InChI is InChI=1S/C24H27FN8.C5H6O3.CH4/c1-15(2)23-18-12-16(4-6-20(18)31-32(23)3)22-19(25)14-28-24(30-22)29-21-7-5-17(13-27-21)33-10-8-26-9-11-33;1-4(6)2-3-5(7)8;/h4-7,12-15,26H,8-11H2,1-3H3,(H,27,28,29,30);2-3,6H,1H2,(H,7,8);1H4/b;3-2-;. The lowest BCUT2D eigenvalue weighted by Gasteiger charge is -2.29. The quantitative estimate of drug-likeness (QED) is 0.132. The van der Waals surface area contributed by atoms with Gasteiger partial charge in [-0.15, -0.1) is 0 Å². The molecule has 0 aliphatic carbocycles. The highest BCUT2D eigenvalue weighted by molar-refractivity contribution is 5.87. The van der Waals surface area contributed by atoms with E-state index in [1.807, 2.05) is 48.3 Å². The van der Waals surface area contributed by atoms with Crippen LogP contribution in [-0.4, -0.2) is 67.1 Å². The number of carboxylic acid groups (broad SMARTS) is 1. The van der Waals surface area contributed by atoms with Crippen LogP contribution in [-0.2, 0) is 11.8 Å². The summed E-state index contributed by atoms with van der Waals surface area (Å²) < 4.78 is 16.6. The van der Waals surface area contributed by atoms with Crippen molar-refractivity contribution in [3.05, 3.63) is 78.7 Å². The molecule has 1 aliphatic heterocycles. The predicted molar refractivity (Wildman–Crippen MR) is 164 cm³/mol. The van der Waals surface area contributed by atoms with Crippen LogP contribution in [0.2, 0.25) is 0 Å². The lowest BCUT2D eigenvalue weighted by Crippen LogP contribution is -2.43. The average molecular weight is 577 g/mol. The fourth-order valence-corrected chi connectivity index (χ4v) is 4.53. The molecular formula is C30H37FN8O3. The number of benzene rings is 1. The Labute approximate surface area is 244 Å². The van der Waals surface area contributed by atoms with Crippen molar-refractivity contribution in [2.45, 2.75) is 27.2 Å². The van der Waals surface area contributed by atoms with Crippen molar-refractivity contribution < 1.29 is 19.4 Å². The summed E-state index contributed by atoms with van der Waals surface area (Å²) in [6.45, 7) is 11.1. The molecule has 42 heavy (non-hydrogen) atoms. The van der Waals surface area contributed by atoms with E-state index in [9.17, 15) is 9.18 Å². The number of rotatable bonds is 7. The molecule has 0 unspecified atom stereocenters. The number of aryl methyl sites for hydroxylation is 1. The first kappa shape index (κ1) is 31.7. The Kier molecular flexibility index (Phi) is 10.7. The third-order valence-electron chi connectivity index (χ3n) is 6.33. The van der Waals surface area contributed by atoms with E-state index in [1.165, 1.54) is 6.20 Å². The normalized spacial score (nSPS) is 13.0. The number of aromatic nitrogens is 5. The van der Waals surface area contributed by atoms with Crippen LogP contribution in [0, 0.1) is 5.82 Å². The van der Waals surface area contributed by atoms with Gasteiger partial charge in [0.25, 0.3) is 0 Å². The molecule has 1 aliphatic rings. The van der Waals surface area contributed by atoms with E-state index in [4.69, 9.17) is 10.2 Å². The van der Waals surface area contributed by atoms with Gasteiger partial charge in [-0.3, -0.25) is 4.68 Å². The van der Waals surface area contributed by atoms with Crippen LogP contribution in [0.1, 0.15) is 32.9 Å². The van der Waals surface area contributed by atoms with Crippen LogP contribution < -0.4 is 15.5 Å². The Balaban J connectivity index is 0.000000475. The summed E-state index contributed by atoms with van der Waals surface area (Å²) in [5.74, 6) is -0.636. The van der Waals surface area contributed by atoms with Gasteiger partial charge in [-0.25, -0.2) is 24.1 Å². The second kappa shape index (κ2) is 14.2. The number of hydrogen-bond donors (Lipinski definition) is 4. The Morgan fingerprint density at radius 1 is 1.12 bits per heavy atom. The maximum Gasteiger partial charge on any atom is 0.328 e. The van der Waals surface area contributed by atoms with Crippen LogP contribution in [0.5, 0.6) is 0 Å². The molecule has 3 aromatic heterocycles. The lowest BCUT2D eigenvalue weighted by molar-refractivity contribution is -0.131. The maximum atomic E-state index is 14.7. The largest absolute Gasteiger partial charge is 0.509 e. The van der Waals surface area contributed by atoms with Gasteiger partial charge in [0, 0.05) is 55.9 Å². The molecule has 1 saturated heterocycles. The van der Waals surface area contributed by atoms with Gasteiger partial charge in [0.05, 0.1) is 23.6 Å². The van der Waals surface area contributed by atoms with Gasteiger partial charge in [0.2, 0.25) is 5.95 Å². The number of carbonyl (C=O) groups is 1. The van der Waals surface area contributed by atoms with Crippen molar-refractivity contribution in [3.8, 4) is 11.3 Å². The zero-order valence-electron chi connectivity index (χ0n) is 23.2. The summed E-state index contributed by atoms with van der Waals surface area (Å²) in [7, 11) is 1.93. The summed E-state index contributed by atoms with van der Waals surface area (Å²) in [4.78, 5) is 25.0. The first-order chi connectivity index (χ1) is 19.6. The molecule has 0 atom stereocenters. The number of nitrogens with zero attached hydrogens (tertiary/aromatic N) is 6. The Bertz CT molecular complexity index is 1550. The van der Waals surface area contributed by atoms with E-state index >= 15 is 0 Å². The topological polar surface area (TPSA) is 141 Å². The Morgan fingerprint density at radius 3 is 2.45 bits per heavy atom. The molecule has 4 heterocycles. The molecule has 1 aromatic carbocycles. The highest BCUT2D eigenvalue weighted by Gasteiger charge is 2.16. The highest BCUT2D eigenvalue weighted by atomic mass is 19.1. The fraction of sp³-hybridized carbons (Fsp3) is 0.300. The molecule has 222 valence electrons. The van der Waals surface area contributed by atoms with Gasteiger partial charge < -0.3 is 25.7 Å². The average Bonchev–Trinajstić information content (AvgIpc) is 3.29. The minimum atomic E-state index is -1.10. The number of nitrogens with one attached hydrogen (secondary N) is 2. The maximum absolute atomic E-state index is 14.7. The van der Waals surface area contributed by atoms with Gasteiger partial charge >= 0.3 is 5.97 Å². The number of aliphatic carboxylic acids is 1. The van der Waals surface area contributed by atoms with Gasteiger partial charge in [0.15, 0.2) is 5.82 Å². The molecule has 5 rings (SSSR count). The number of halogens is 1. The number of aliphatic hydroxyl groups is 1. The van der Waals surface area contributed by atoms with E-state index < -0.39 is 11.8 Å². The van der Waals surface area contributed by atoms with E-state index in [-0.39, 0.29) is 24.8 Å². The highest BCUT2D eigenvalue weighted by Crippen LogP contribution is 2.30. The first-order valence-corrected chi connectivity index (χ1v) is 13.1. The van der Waals surface area contributed by atoms with Crippen molar-refractivity contribution >= 4 is 34.3 Å². The number of piperazine rings is 1. The number of pyridine rings is 1. The van der Waals surface area contributed by atoms with Crippen LogP contribution in [0.3, 0.4) is 0 Å². The smallest absolute Gasteiger partial charge is 0.328 e. The third kappa shape index (κ3) is 7.88. The van der Waals surface area contributed by atoms with Gasteiger partial charge in [0.1, 0.15) is 17.3 Å². The minimum Gasteiger partial charge on any atom is -0.509 e. The monoisotopic (exact) mass is 576 g/mol. The van der Waals surface area contributed by atoms with Crippen LogP contribution in [0.15, 0.2) is 67.2 Å². The number of hydrogen-bond acceptors (Lipinski definition) is 9. The van der Waals surface area contributed by atoms with Crippen LogP contribution in [0.25, 0.3) is 22.2 Å². The van der Waals surface area contributed by atoms with Crippen molar-refractivity contribution in [1.29, 1.82) is 0 Å². The molecule has 0 spiro atoms. The summed E-state index contributed by atoms with van der Waals surface area (Å²) in [5.41, 5.74) is 3.99. The molecule has 11 nitrogen and oxygen atoms in total. The van der Waals surface area contributed by atoms with Crippen molar-refractivity contribution in [1.82, 2.24) is 30.0 Å². The lowest BCUT2D eigenvalue weighted by atomic mass is 10.0. The summed E-state index contributed by atoms with van der Waals surface area (Å²) in [6, 6.07) is 9.61. The number of carboxylic acids is 1. The number of aliphatic hydroxyl groups excluding tert-OH is 1. The molecule has 0 saturated carbocycles. The van der Waals surface area contributed by atoms with Crippen molar-refractivity contribution in [3.63, 3.8) is 0 Å². The molecule has 4 N–H and O–H groups in total. The second-order valence-corrected chi connectivity index (χ2v) is 9.71. The van der Waals surface area contributed by atoms with E-state index in [1.54, 1.807) is 0 Å². The summed E-state index contributed by atoms with van der Waals surface area (Å²) in [6.07, 6.45) is 4.84. The van der Waals surface area contributed by atoms with Gasteiger partial charge in [-0.05, 0) is 36.3 Å². The molecule has 12 heteroatoms. The molecule has 4 aromatic rings. The SMILES string of the molecule is C.C=C(O)/C=C\C(=O)O.CC(C)c1c2cc(-c3nc(Nc4ccc(N5CCNCC5)cn4)ncc3F)ccc2nn1C. The fourth-order valence-electron chi connectivity index (χ4n) is 4.53. The van der Waals surface area contributed by atoms with Gasteiger partial charge in [-0.1, -0.05) is 33.9 Å². The third-order valence-corrected chi connectivity index (χ3v) is 6.33. The Morgan fingerprint density at radius 2 is 1.86 bits per heavy atom. The zero-order valence-corrected chi connectivity index (χ0v) is 23.2. The van der Waals surface area contributed by atoms with E-state index in [0.29, 0.717) is 17.3 Å². The minimum absolute atomic E-state index is 0. The second-order valence-electron chi connectivity index (χ2n) is 9.71. The van der Waals surface area contributed by atoms with Gasteiger partial charge in [-0.2, -0.15) is 5.10 Å².